The van der Waals surface area contributed by atoms with Gasteiger partial charge < -0.3 is 50.5 Å². The molecule has 3 aromatic rings. The van der Waals surface area contributed by atoms with E-state index >= 15 is 4.79 Å². The number of carbonyl (C=O) groups excluding carboxylic acids is 6. The zero-order valence-corrected chi connectivity index (χ0v) is 50.1. The number of ketones is 2. The molecule has 1 spiro atoms. The van der Waals surface area contributed by atoms with E-state index in [1.165, 1.54) is 21.6 Å². The molecule has 1 aliphatic carbocycles. The fourth-order valence-corrected chi connectivity index (χ4v) is 17.2. The number of aromatic nitrogens is 1. The number of H-pyrrole nitrogens is 1. The van der Waals surface area contributed by atoms with Gasteiger partial charge in [0.2, 0.25) is 5.91 Å². The minimum Gasteiger partial charge on any atom is -0.496 e. The maximum Gasteiger partial charge on any atom is 0.426 e. The smallest absolute Gasteiger partial charge is 0.426 e. The molecule has 82 heavy (non-hydrogen) atoms. The van der Waals surface area contributed by atoms with Crippen LogP contribution in [-0.2, 0) is 50.7 Å². The Morgan fingerprint density at radius 3 is 2.46 bits per heavy atom. The average molecular weight is 1170 g/mol. The van der Waals surface area contributed by atoms with Crippen LogP contribution in [0.4, 0.5) is 10.5 Å². The van der Waals surface area contributed by atoms with Gasteiger partial charge in [-0.2, -0.15) is 0 Å². The van der Waals surface area contributed by atoms with Crippen molar-refractivity contribution in [2.45, 2.75) is 139 Å². The lowest BCUT2D eigenvalue weighted by molar-refractivity contribution is -0.204. The summed E-state index contributed by atoms with van der Waals surface area (Å²) >= 11 is 0. The Labute approximate surface area is 488 Å². The molecule has 12 atom stereocenters. The zero-order valence-electron chi connectivity index (χ0n) is 48.4. The van der Waals surface area contributed by atoms with Crippen LogP contribution in [0, 0.1) is 23.2 Å². The number of nitrogens with one attached hydrogen (secondary N) is 4. The van der Waals surface area contributed by atoms with E-state index in [1.54, 1.807) is 27.9 Å². The number of nitrogens with zero attached hydrogens (tertiary/aromatic N) is 3. The summed E-state index contributed by atoms with van der Waals surface area (Å²) in [6.45, 7) is 12.7. The van der Waals surface area contributed by atoms with Crippen LogP contribution < -0.4 is 31.5 Å². The van der Waals surface area contributed by atoms with Crippen molar-refractivity contribution < 1.29 is 58.3 Å². The predicted octanol–water partition coefficient (Wildman–Crippen LogP) is 4.43. The number of Topliss-reactive ketones (excluding diaryl/α,β-unsaturated/α-hetero) is 2. The molecule has 1 saturated carbocycles. The minimum absolute atomic E-state index is 0.0271. The van der Waals surface area contributed by atoms with E-state index in [9.17, 15) is 39.3 Å². The maximum atomic E-state index is 15.1. The Morgan fingerprint density at radius 1 is 0.976 bits per heavy atom. The Kier molecular flexibility index (Phi) is 18.6. The summed E-state index contributed by atoms with van der Waals surface area (Å²) < 4.78 is 17.9. The third-order valence-corrected chi connectivity index (χ3v) is 21.6. The standard InChI is InChI=1S/C60H84N8O12S2/c1-8-56(76)29-38-30-58(34-79-35-69,49-40(17-21-67(32-38)33-56)39-14-10-11-15-43(39)62-49)42-27-41-45(28-48(42)78-7)66(6)52-59(41)19-22-68-20-13-18-57(9-2,51(59)68)53(73)60(52,77)54(74)64-65-55(75)80-23-25-82-81-24-12-16-46(70)44(31-61)63-50(72)37(5)26-47(71)36(3)4/h10-11,13-15,18,27-28,35-38,44,51-53,62,73,76-77H,8-9,12,16-17,19-26,29-34,61H2,1-7H3,(H,63,72)(H,64,74)(H,65,75)/t37-,38-,44+,51+,52-,53-,56+,57-,58+,59-,60+/m1/s1. The number of aromatic amines is 1. The van der Waals surface area contributed by atoms with Crippen LogP contribution >= 0.6 is 21.6 Å². The van der Waals surface area contributed by atoms with Crippen LogP contribution in [0.25, 0.3) is 10.9 Å². The highest BCUT2D eigenvalue weighted by Crippen LogP contribution is 2.67. The zero-order chi connectivity index (χ0) is 58.9. The molecule has 9 rings (SSSR count). The van der Waals surface area contributed by atoms with Gasteiger partial charge in [-0.3, -0.25) is 39.2 Å². The lowest BCUT2D eigenvalue weighted by Gasteiger charge is -2.63. The van der Waals surface area contributed by atoms with Crippen molar-refractivity contribution in [2.24, 2.45) is 28.9 Å². The van der Waals surface area contributed by atoms with E-state index in [-0.39, 0.29) is 61.9 Å². The predicted molar refractivity (Wildman–Crippen MR) is 315 cm³/mol. The van der Waals surface area contributed by atoms with Gasteiger partial charge in [0.05, 0.1) is 30.2 Å². The number of benzene rings is 2. The van der Waals surface area contributed by atoms with Crippen molar-refractivity contribution in [2.75, 3.05) is 83.0 Å². The Morgan fingerprint density at radius 2 is 1.74 bits per heavy atom. The molecule has 2 bridgehead atoms. The van der Waals surface area contributed by atoms with Gasteiger partial charge in [-0.15, -0.1) is 0 Å². The van der Waals surface area contributed by atoms with Crippen molar-refractivity contribution >= 4 is 74.1 Å². The minimum atomic E-state index is -2.54. The van der Waals surface area contributed by atoms with Crippen LogP contribution in [0.3, 0.4) is 0 Å². The van der Waals surface area contributed by atoms with Gasteiger partial charge in [0.1, 0.15) is 30.9 Å². The number of likely N-dealkylation sites (N-methyl/N-ethyl adjacent to an activating group) is 1. The molecular formula is C60H84N8O12S2. The van der Waals surface area contributed by atoms with E-state index in [4.69, 9.17) is 19.9 Å². The number of amides is 3. The fraction of sp³-hybridized carbons (Fsp3) is 0.633. The molecule has 1 unspecified atom stereocenters. The topological polar surface area (TPSA) is 278 Å². The first-order chi connectivity index (χ1) is 39.2. The molecule has 2 saturated heterocycles. The molecule has 9 N–H and O–H groups in total. The highest BCUT2D eigenvalue weighted by atomic mass is 33.1. The molecule has 22 heteroatoms. The molecular weight excluding hydrogens is 1090 g/mol. The number of hydrogen-bond donors (Lipinski definition) is 8. The molecule has 6 heterocycles. The largest absolute Gasteiger partial charge is 0.496 e. The number of piperidine rings is 1. The number of fused-ring (bicyclic) bond motifs is 6. The number of carbonyl (C=O) groups is 6. The van der Waals surface area contributed by atoms with Gasteiger partial charge in [-0.25, -0.2) is 10.2 Å². The second kappa shape index (κ2) is 24.8. The van der Waals surface area contributed by atoms with E-state index in [0.717, 1.165) is 39.8 Å². The molecule has 0 radical (unpaired) electrons. The van der Waals surface area contributed by atoms with Crippen LogP contribution in [0.2, 0.25) is 0 Å². The number of hydrogen-bond acceptors (Lipinski definition) is 18. The highest BCUT2D eigenvalue weighted by Gasteiger charge is 2.79. The average Bonchev–Trinajstić information content (AvgIpc) is 1.47. The van der Waals surface area contributed by atoms with Crippen molar-refractivity contribution in [1.29, 1.82) is 0 Å². The summed E-state index contributed by atoms with van der Waals surface area (Å²) in [4.78, 5) is 89.1. The summed E-state index contributed by atoms with van der Waals surface area (Å²) in [5, 5.41) is 42.3. The third-order valence-electron chi connectivity index (χ3n) is 19.2. The third kappa shape index (κ3) is 10.8. The molecule has 5 aliphatic heterocycles. The Hall–Kier alpha value is -5.20. The van der Waals surface area contributed by atoms with E-state index in [2.05, 4.69) is 49.2 Å². The second-order valence-electron chi connectivity index (χ2n) is 24.2. The molecule has 3 amide bonds. The van der Waals surface area contributed by atoms with Crippen molar-refractivity contribution in [1.82, 2.24) is 31.0 Å². The first-order valence-corrected chi connectivity index (χ1v) is 31.6. The first kappa shape index (κ1) is 61.4. The quantitative estimate of drug-likeness (QED) is 0.0214. The van der Waals surface area contributed by atoms with Gasteiger partial charge in [-0.1, -0.05) is 86.6 Å². The van der Waals surface area contributed by atoms with Crippen LogP contribution in [0.1, 0.15) is 108 Å². The van der Waals surface area contributed by atoms with Crippen molar-refractivity contribution in [3.63, 3.8) is 0 Å². The van der Waals surface area contributed by atoms with Crippen molar-refractivity contribution in [3.05, 3.63) is 70.9 Å². The van der Waals surface area contributed by atoms with Crippen LogP contribution in [-0.4, -0.2) is 180 Å². The number of rotatable bonds is 23. The number of aliphatic hydroxyl groups excluding tert-OH is 1. The van der Waals surface area contributed by atoms with E-state index < -0.39 is 69.6 Å². The number of anilines is 1. The summed E-state index contributed by atoms with van der Waals surface area (Å²) in [7, 11) is 6.34. The number of hydrazine groups is 1. The fourth-order valence-electron chi connectivity index (χ4n) is 15.3. The highest BCUT2D eigenvalue weighted by molar-refractivity contribution is 8.76. The molecule has 1 aromatic heterocycles. The van der Waals surface area contributed by atoms with E-state index in [1.807, 2.05) is 56.1 Å². The summed E-state index contributed by atoms with van der Waals surface area (Å²) in [6.07, 6.45) is 5.28. The first-order valence-electron chi connectivity index (χ1n) is 29.1. The number of para-hydroxylation sites is 1. The maximum absolute atomic E-state index is 15.1. The second-order valence-corrected chi connectivity index (χ2v) is 26.9. The van der Waals surface area contributed by atoms with Crippen LogP contribution in [0.15, 0.2) is 48.6 Å². The Bertz CT molecular complexity index is 2930. The Balaban J connectivity index is 0.951. The number of aliphatic hydroxyl groups is 3. The van der Waals surface area contributed by atoms with Gasteiger partial charge in [0, 0.05) is 127 Å². The number of methoxy groups -OCH3 is 1. The lowest BCUT2D eigenvalue weighted by Crippen LogP contribution is -2.82. The van der Waals surface area contributed by atoms with Crippen molar-refractivity contribution in [3.8, 4) is 5.75 Å². The van der Waals surface area contributed by atoms with E-state index in [0.29, 0.717) is 101 Å². The summed E-state index contributed by atoms with van der Waals surface area (Å²) in [5.74, 6) is -0.946. The summed E-state index contributed by atoms with van der Waals surface area (Å²) in [5.41, 5.74) is 9.20. The monoisotopic (exact) mass is 1170 g/mol. The molecule has 6 aliphatic rings. The lowest BCUT2D eigenvalue weighted by atomic mass is 9.47. The normalized spacial score (nSPS) is 30.6. The molecule has 448 valence electrons. The molecule has 20 nitrogen and oxygen atoms in total. The van der Waals surface area contributed by atoms with Gasteiger partial charge in [-0.05, 0) is 80.7 Å². The summed E-state index contributed by atoms with van der Waals surface area (Å²) in [6, 6.07) is 10.00. The molecule has 2 aromatic carbocycles. The van der Waals surface area contributed by atoms with Gasteiger partial charge in [0.15, 0.2) is 11.4 Å². The molecule has 3 fully saturated rings. The van der Waals surface area contributed by atoms with Gasteiger partial charge in [0.25, 0.3) is 12.4 Å². The van der Waals surface area contributed by atoms with Crippen LogP contribution in [0.5, 0.6) is 5.75 Å². The number of ether oxygens (including phenoxy) is 3. The SMILES string of the molecule is CC[C@]1(O)C[C@H]2CN(CCc3c([nH]c4ccccc34)[C@@](COC=O)(c3cc4c(cc3OC)N(C)[C@H]3[C@@](O)(C(=O)NNC(=O)OCCSSCCCC(=O)[C@H](CN)NC(=O)[C@H](C)CC(=O)C(C)C)[C@H](O)[C@]5(CC)C=CCN6CC[C@]43[C@@H]65)C2)C1. The number of nitrogens with two attached hydrogens (primary N) is 1. The van der Waals surface area contributed by atoms with Gasteiger partial charge >= 0.3 is 6.09 Å².